The van der Waals surface area contributed by atoms with Crippen LogP contribution in [0.4, 0.5) is 5.69 Å². The van der Waals surface area contributed by atoms with E-state index in [1.54, 1.807) is 0 Å². The smallest absolute Gasteiger partial charge is 0.242 e. The Morgan fingerprint density at radius 1 is 1.56 bits per heavy atom. The third kappa shape index (κ3) is 4.11. The fraction of sp³-hybridized carbons (Fsp3) is 0.400. The van der Waals surface area contributed by atoms with Gasteiger partial charge in [-0.1, -0.05) is 11.6 Å². The van der Waals surface area contributed by atoms with Crippen LogP contribution in [0.15, 0.2) is 23.1 Å². The molecule has 0 aliphatic heterocycles. The van der Waals surface area contributed by atoms with Gasteiger partial charge in [-0.05, 0) is 18.2 Å². The van der Waals surface area contributed by atoms with Crippen LogP contribution in [-0.2, 0) is 14.8 Å². The Labute approximate surface area is 111 Å². The van der Waals surface area contributed by atoms with E-state index < -0.39 is 16.1 Å². The topological polar surface area (TPSA) is 102 Å². The number of ether oxygens (including phenoxy) is 1. The Hall–Kier alpha value is -0.860. The third-order valence-electron chi connectivity index (χ3n) is 2.11. The van der Waals surface area contributed by atoms with Gasteiger partial charge in [0.15, 0.2) is 0 Å². The Morgan fingerprint density at radius 3 is 2.78 bits per heavy atom. The van der Waals surface area contributed by atoms with Crippen LogP contribution in [0, 0.1) is 0 Å². The molecule has 0 aliphatic carbocycles. The van der Waals surface area contributed by atoms with E-state index in [0.717, 1.165) is 0 Å². The molecule has 0 saturated carbocycles. The molecule has 1 aromatic carbocycles. The summed E-state index contributed by atoms with van der Waals surface area (Å²) in [5.74, 6) is 0. The number of methoxy groups -OCH3 is 1. The number of halogens is 1. The van der Waals surface area contributed by atoms with Crippen molar-refractivity contribution in [1.82, 2.24) is 4.72 Å². The van der Waals surface area contributed by atoms with Crippen molar-refractivity contribution in [3.63, 3.8) is 0 Å². The highest BCUT2D eigenvalue weighted by molar-refractivity contribution is 7.89. The fourth-order valence-electron chi connectivity index (χ4n) is 1.27. The lowest BCUT2D eigenvalue weighted by molar-refractivity contribution is 0.0679. The lowest BCUT2D eigenvalue weighted by Crippen LogP contribution is -2.34. The van der Waals surface area contributed by atoms with Gasteiger partial charge < -0.3 is 15.6 Å². The first kappa shape index (κ1) is 15.2. The molecule has 4 N–H and O–H groups in total. The summed E-state index contributed by atoms with van der Waals surface area (Å²) in [6, 6.07) is 4.09. The van der Waals surface area contributed by atoms with E-state index in [0.29, 0.717) is 5.69 Å². The van der Waals surface area contributed by atoms with Crippen LogP contribution in [0.25, 0.3) is 0 Å². The summed E-state index contributed by atoms with van der Waals surface area (Å²) >= 11 is 5.80. The molecule has 0 saturated heterocycles. The van der Waals surface area contributed by atoms with Crippen molar-refractivity contribution in [3.05, 3.63) is 23.2 Å². The van der Waals surface area contributed by atoms with Crippen LogP contribution in [0.5, 0.6) is 0 Å². The molecular formula is C10H15ClN2O4S. The van der Waals surface area contributed by atoms with Crippen LogP contribution < -0.4 is 10.5 Å². The normalized spacial score (nSPS) is 13.5. The molecule has 0 aromatic heterocycles. The van der Waals surface area contributed by atoms with E-state index in [-0.39, 0.29) is 23.1 Å². The Kier molecular flexibility index (Phi) is 5.36. The van der Waals surface area contributed by atoms with Gasteiger partial charge in [-0.25, -0.2) is 13.1 Å². The van der Waals surface area contributed by atoms with Crippen molar-refractivity contribution in [3.8, 4) is 0 Å². The van der Waals surface area contributed by atoms with Crippen molar-refractivity contribution in [1.29, 1.82) is 0 Å². The molecule has 6 nitrogen and oxygen atoms in total. The monoisotopic (exact) mass is 294 g/mol. The molecule has 0 amide bonds. The highest BCUT2D eigenvalue weighted by Crippen LogP contribution is 2.23. The quantitative estimate of drug-likeness (QED) is 0.651. The minimum atomic E-state index is -3.77. The number of hydrogen-bond donors (Lipinski definition) is 3. The molecule has 0 bridgehead atoms. The van der Waals surface area contributed by atoms with E-state index in [1.807, 2.05) is 0 Å². The molecule has 102 valence electrons. The fourth-order valence-corrected chi connectivity index (χ4v) is 2.89. The molecule has 1 aromatic rings. The zero-order chi connectivity index (χ0) is 13.8. The minimum absolute atomic E-state index is 0.0312. The summed E-state index contributed by atoms with van der Waals surface area (Å²) < 4.78 is 30.7. The average molecular weight is 295 g/mol. The van der Waals surface area contributed by atoms with Gasteiger partial charge in [0, 0.05) is 19.3 Å². The van der Waals surface area contributed by atoms with Gasteiger partial charge >= 0.3 is 0 Å². The van der Waals surface area contributed by atoms with Gasteiger partial charge in [0.25, 0.3) is 0 Å². The highest BCUT2D eigenvalue weighted by Gasteiger charge is 2.19. The lowest BCUT2D eigenvalue weighted by atomic mass is 10.3. The molecule has 0 fully saturated rings. The number of nitrogens with two attached hydrogens (primary N) is 1. The number of nitrogens with one attached hydrogen (secondary N) is 1. The van der Waals surface area contributed by atoms with Gasteiger partial charge in [0.1, 0.15) is 4.90 Å². The van der Waals surface area contributed by atoms with E-state index >= 15 is 0 Å². The first-order chi connectivity index (χ1) is 8.36. The molecule has 1 atom stereocenters. The first-order valence-electron chi connectivity index (χ1n) is 5.08. The van der Waals surface area contributed by atoms with Crippen LogP contribution in [0.1, 0.15) is 0 Å². The Balaban J connectivity index is 2.80. The van der Waals surface area contributed by atoms with Gasteiger partial charge in [-0.15, -0.1) is 0 Å². The zero-order valence-corrected chi connectivity index (χ0v) is 11.3. The highest BCUT2D eigenvalue weighted by atomic mass is 35.5. The predicted molar refractivity (Wildman–Crippen MR) is 68.9 cm³/mol. The number of aliphatic hydroxyl groups excluding tert-OH is 1. The van der Waals surface area contributed by atoms with Crippen molar-refractivity contribution >= 4 is 27.3 Å². The summed E-state index contributed by atoms with van der Waals surface area (Å²) in [4.78, 5) is -0.0806. The van der Waals surface area contributed by atoms with E-state index in [9.17, 15) is 13.5 Å². The number of hydrogen-bond acceptors (Lipinski definition) is 5. The largest absolute Gasteiger partial charge is 0.399 e. The summed E-state index contributed by atoms with van der Waals surface area (Å²) in [7, 11) is -2.36. The summed E-state index contributed by atoms with van der Waals surface area (Å²) in [5, 5.41) is 9.40. The standard InChI is InChI=1S/C10H15ClN2O4S/c1-17-6-8(14)5-13-18(15,16)10-3-2-7(12)4-9(10)11/h2-4,8,13-14H,5-6,12H2,1H3. The average Bonchev–Trinajstić information content (AvgIpc) is 2.26. The molecular weight excluding hydrogens is 280 g/mol. The first-order valence-corrected chi connectivity index (χ1v) is 6.94. The van der Waals surface area contributed by atoms with E-state index in [4.69, 9.17) is 17.3 Å². The minimum Gasteiger partial charge on any atom is -0.399 e. The number of sulfonamides is 1. The number of nitrogen functional groups attached to an aromatic ring is 1. The van der Waals surface area contributed by atoms with E-state index in [2.05, 4.69) is 9.46 Å². The van der Waals surface area contributed by atoms with Crippen LogP contribution in [0.2, 0.25) is 5.02 Å². The summed E-state index contributed by atoms with van der Waals surface area (Å²) in [6.07, 6.45) is -0.919. The molecule has 1 rings (SSSR count). The van der Waals surface area contributed by atoms with Gasteiger partial charge in [0.05, 0.1) is 17.7 Å². The van der Waals surface area contributed by atoms with Crippen molar-refractivity contribution < 1.29 is 18.3 Å². The van der Waals surface area contributed by atoms with Gasteiger partial charge in [0.2, 0.25) is 10.0 Å². The van der Waals surface area contributed by atoms with E-state index in [1.165, 1.54) is 25.3 Å². The molecule has 0 spiro atoms. The van der Waals surface area contributed by atoms with Crippen LogP contribution in [-0.4, -0.2) is 39.9 Å². The Morgan fingerprint density at radius 2 is 2.22 bits per heavy atom. The van der Waals surface area contributed by atoms with Crippen LogP contribution >= 0.6 is 11.6 Å². The number of benzene rings is 1. The third-order valence-corrected chi connectivity index (χ3v) is 4.02. The number of rotatable bonds is 6. The molecule has 0 heterocycles. The van der Waals surface area contributed by atoms with Gasteiger partial charge in [-0.2, -0.15) is 0 Å². The lowest BCUT2D eigenvalue weighted by Gasteiger charge is -2.12. The zero-order valence-electron chi connectivity index (χ0n) is 9.76. The predicted octanol–water partition coefficient (Wildman–Crippen LogP) is 0.208. The maximum atomic E-state index is 11.9. The summed E-state index contributed by atoms with van der Waals surface area (Å²) in [6.45, 7) is -0.116. The molecule has 18 heavy (non-hydrogen) atoms. The number of anilines is 1. The van der Waals surface area contributed by atoms with Gasteiger partial charge in [-0.3, -0.25) is 0 Å². The van der Waals surface area contributed by atoms with Crippen LogP contribution in [0.3, 0.4) is 0 Å². The Bertz CT molecular complexity index is 507. The second kappa shape index (κ2) is 6.35. The maximum absolute atomic E-state index is 11.9. The molecule has 0 radical (unpaired) electrons. The molecule has 8 heteroatoms. The second-order valence-electron chi connectivity index (χ2n) is 3.65. The number of aliphatic hydroxyl groups is 1. The van der Waals surface area contributed by atoms with Crippen molar-refractivity contribution in [2.75, 3.05) is 26.0 Å². The van der Waals surface area contributed by atoms with Crippen molar-refractivity contribution in [2.24, 2.45) is 0 Å². The SMILES string of the molecule is COCC(O)CNS(=O)(=O)c1ccc(N)cc1Cl. The summed E-state index contributed by atoms with van der Waals surface area (Å²) in [5.41, 5.74) is 5.85. The van der Waals surface area contributed by atoms with Crippen molar-refractivity contribution in [2.45, 2.75) is 11.0 Å². The second-order valence-corrected chi connectivity index (χ2v) is 5.79. The maximum Gasteiger partial charge on any atom is 0.242 e. The molecule has 1 unspecified atom stereocenters. The molecule has 0 aliphatic rings.